The van der Waals surface area contributed by atoms with E-state index in [4.69, 9.17) is 45.1 Å². The zero-order valence-corrected chi connectivity index (χ0v) is 34.0. The normalized spacial score (nSPS) is 23.1. The van der Waals surface area contributed by atoms with E-state index in [1.54, 1.807) is 30.0 Å². The second kappa shape index (κ2) is 15.4. The Morgan fingerprint density at radius 2 is 1.83 bits per heavy atom. The molecule has 314 valence electrons. The van der Waals surface area contributed by atoms with E-state index in [2.05, 4.69) is 5.92 Å². The standard InChI is InChI=1S/C42H48F3N7O7/c1-8-28-30(43)13-12-23-14-27(58-22-55-6)16-29(33(23)28)35(53)38-46-36-34(52(38)24-10-9-11-24)37(48-39(47-36)57-20-26-17-42(44,45)21-49(26)5)50-18-25-15-32(56-7)31(19-50)51(25)40(54)59-41(2,3)4/h1,12-14,16,24-26,31-32H,9-11,15,17-22H2,2-7H3/t25?,26-,31?,32?/m0/s1. The average molecular weight is 820 g/mol. The van der Waals surface area contributed by atoms with Crippen molar-refractivity contribution in [2.24, 2.45) is 0 Å². The largest absolute Gasteiger partial charge is 0.468 e. The predicted molar refractivity (Wildman–Crippen MR) is 211 cm³/mol. The molecule has 14 nitrogen and oxygen atoms in total. The molecule has 3 aliphatic heterocycles. The molecule has 5 heterocycles. The van der Waals surface area contributed by atoms with Crippen molar-refractivity contribution >= 4 is 39.6 Å². The van der Waals surface area contributed by atoms with Crippen LogP contribution in [0.25, 0.3) is 21.9 Å². The lowest BCUT2D eigenvalue weighted by atomic mass is 9.91. The Kier molecular flexibility index (Phi) is 10.6. The molecular formula is C42H48F3N7O7. The number of rotatable bonds is 11. The van der Waals surface area contributed by atoms with Crippen molar-refractivity contribution in [3.63, 3.8) is 0 Å². The van der Waals surface area contributed by atoms with Crippen LogP contribution in [-0.4, -0.2) is 131 Å². The van der Waals surface area contributed by atoms with Gasteiger partial charge in [-0.1, -0.05) is 12.0 Å². The maximum Gasteiger partial charge on any atom is 0.411 e. The number of fused-ring (bicyclic) bond motifs is 4. The van der Waals surface area contributed by atoms with Crippen molar-refractivity contribution in [3.8, 4) is 24.1 Å². The first kappa shape index (κ1) is 40.6. The Bertz CT molecular complexity index is 2340. The lowest BCUT2D eigenvalue weighted by molar-refractivity contribution is 0.00208. The minimum Gasteiger partial charge on any atom is -0.468 e. The minimum atomic E-state index is -2.86. The Balaban J connectivity index is 1.27. The van der Waals surface area contributed by atoms with Crippen LogP contribution in [0.1, 0.15) is 80.7 Å². The van der Waals surface area contributed by atoms with Crippen molar-refractivity contribution in [3.05, 3.63) is 47.0 Å². The molecule has 17 heteroatoms. The Morgan fingerprint density at radius 1 is 1.05 bits per heavy atom. The third-order valence-corrected chi connectivity index (χ3v) is 11.7. The van der Waals surface area contributed by atoms with E-state index in [1.165, 1.54) is 25.3 Å². The van der Waals surface area contributed by atoms with Crippen LogP contribution in [0, 0.1) is 18.2 Å². The molecule has 0 N–H and O–H groups in total. The molecule has 1 saturated carbocycles. The number of imidazole rings is 1. The summed E-state index contributed by atoms with van der Waals surface area (Å²) >= 11 is 0. The smallest absolute Gasteiger partial charge is 0.411 e. The van der Waals surface area contributed by atoms with Gasteiger partial charge in [-0.15, -0.1) is 6.42 Å². The number of halogens is 3. The maximum atomic E-state index is 15.3. The fourth-order valence-electron chi connectivity index (χ4n) is 8.83. The van der Waals surface area contributed by atoms with Crippen molar-refractivity contribution < 1.29 is 46.4 Å². The number of carbonyl (C=O) groups is 2. The molecular weight excluding hydrogens is 771 g/mol. The Morgan fingerprint density at radius 3 is 2.47 bits per heavy atom. The summed E-state index contributed by atoms with van der Waals surface area (Å²) in [6, 6.07) is 4.32. The fourth-order valence-corrected chi connectivity index (χ4v) is 8.83. The van der Waals surface area contributed by atoms with Crippen molar-refractivity contribution in [2.45, 2.75) is 94.7 Å². The van der Waals surface area contributed by atoms with Gasteiger partial charge in [0.25, 0.3) is 5.92 Å². The van der Waals surface area contributed by atoms with Crippen LogP contribution in [0.5, 0.6) is 11.8 Å². The lowest BCUT2D eigenvalue weighted by Crippen LogP contribution is -2.58. The van der Waals surface area contributed by atoms with Gasteiger partial charge in [-0.2, -0.15) is 9.97 Å². The first-order valence-corrected chi connectivity index (χ1v) is 19.8. The monoisotopic (exact) mass is 819 g/mol. The molecule has 4 fully saturated rings. The average Bonchev–Trinajstić information content (AvgIpc) is 3.74. The first-order chi connectivity index (χ1) is 28.1. The molecule has 8 rings (SSSR count). The van der Waals surface area contributed by atoms with E-state index in [9.17, 15) is 13.6 Å². The number of benzene rings is 2. The molecule has 2 aromatic carbocycles. The summed E-state index contributed by atoms with van der Waals surface area (Å²) in [4.78, 5) is 48.5. The van der Waals surface area contributed by atoms with Gasteiger partial charge in [-0.25, -0.2) is 22.9 Å². The Labute approximate surface area is 339 Å². The van der Waals surface area contributed by atoms with Crippen LogP contribution in [0.2, 0.25) is 0 Å². The second-order valence-electron chi connectivity index (χ2n) is 16.9. The quantitative estimate of drug-likeness (QED) is 0.100. The molecule has 3 saturated heterocycles. The summed E-state index contributed by atoms with van der Waals surface area (Å²) in [6.07, 6.45) is 7.62. The molecule has 0 spiro atoms. The van der Waals surface area contributed by atoms with E-state index in [0.717, 1.165) is 19.3 Å². The summed E-state index contributed by atoms with van der Waals surface area (Å²) in [6.45, 7) is 5.44. The molecule has 2 aromatic heterocycles. The van der Waals surface area contributed by atoms with Crippen molar-refractivity contribution in [1.29, 1.82) is 0 Å². The first-order valence-electron chi connectivity index (χ1n) is 19.8. The van der Waals surface area contributed by atoms with E-state index in [-0.39, 0.29) is 78.5 Å². The van der Waals surface area contributed by atoms with Crippen molar-refractivity contribution in [2.75, 3.05) is 59.2 Å². The van der Waals surface area contributed by atoms with Crippen LogP contribution in [0.15, 0.2) is 24.3 Å². The molecule has 0 radical (unpaired) electrons. The number of terminal acetylenes is 1. The summed E-state index contributed by atoms with van der Waals surface area (Å²) in [5.74, 6) is -0.931. The molecule has 4 aromatic rings. The number of alkyl halides is 2. The van der Waals surface area contributed by atoms with Gasteiger partial charge in [0.05, 0.1) is 30.3 Å². The third-order valence-electron chi connectivity index (χ3n) is 11.7. The number of aromatic nitrogens is 4. The molecule has 59 heavy (non-hydrogen) atoms. The summed E-state index contributed by atoms with van der Waals surface area (Å²) in [7, 11) is 4.70. The zero-order valence-electron chi connectivity index (χ0n) is 34.0. The number of hydrogen-bond acceptors (Lipinski definition) is 12. The van der Waals surface area contributed by atoms with E-state index < -0.39 is 47.8 Å². The van der Waals surface area contributed by atoms with Crippen LogP contribution >= 0.6 is 0 Å². The highest BCUT2D eigenvalue weighted by Gasteiger charge is 2.51. The van der Waals surface area contributed by atoms with Crippen LogP contribution in [0.3, 0.4) is 0 Å². The molecule has 1 aliphatic carbocycles. The summed E-state index contributed by atoms with van der Waals surface area (Å²) < 4.78 is 74.6. The number of ether oxygens (including phenoxy) is 5. The van der Waals surface area contributed by atoms with E-state index in [0.29, 0.717) is 35.4 Å². The number of hydrogen-bond donors (Lipinski definition) is 0. The van der Waals surface area contributed by atoms with Gasteiger partial charge < -0.3 is 33.2 Å². The third kappa shape index (κ3) is 7.62. The molecule has 3 unspecified atom stereocenters. The predicted octanol–water partition coefficient (Wildman–Crippen LogP) is 5.97. The summed E-state index contributed by atoms with van der Waals surface area (Å²) in [5.41, 5.74) is -0.117. The van der Waals surface area contributed by atoms with Gasteiger partial charge >= 0.3 is 12.1 Å². The number of likely N-dealkylation sites (tertiary alicyclic amines) is 1. The molecule has 1 amide bonds. The SMILES string of the molecule is C#Cc1c(F)ccc2cc(OCOC)cc(C(=O)c3nc4nc(OC[C@@H]5CC(F)(F)CN5C)nc(N5CC6CC(OC)C(C5)N6C(=O)OC(C)(C)C)c4n3C3CCC3)c12. The van der Waals surface area contributed by atoms with Gasteiger partial charge in [-0.05, 0) is 77.1 Å². The van der Waals surface area contributed by atoms with Gasteiger partial charge in [0.15, 0.2) is 24.1 Å². The van der Waals surface area contributed by atoms with E-state index in [1.807, 2.05) is 30.2 Å². The maximum absolute atomic E-state index is 15.3. The minimum absolute atomic E-state index is 0.0233. The number of likely N-dealkylation sites (N-methyl/N-ethyl adjacent to an activating group) is 1. The van der Waals surface area contributed by atoms with Gasteiger partial charge in [0.1, 0.15) is 29.3 Å². The second-order valence-corrected chi connectivity index (χ2v) is 16.9. The van der Waals surface area contributed by atoms with Crippen LogP contribution < -0.4 is 14.4 Å². The number of ketones is 1. The van der Waals surface area contributed by atoms with Gasteiger partial charge in [0, 0.05) is 56.8 Å². The van der Waals surface area contributed by atoms with Crippen LogP contribution in [0.4, 0.5) is 23.8 Å². The highest BCUT2D eigenvalue weighted by Crippen LogP contribution is 2.43. The van der Waals surface area contributed by atoms with E-state index >= 15 is 9.18 Å². The highest BCUT2D eigenvalue weighted by molar-refractivity contribution is 6.17. The van der Waals surface area contributed by atoms with Crippen molar-refractivity contribution in [1.82, 2.24) is 29.3 Å². The number of carbonyl (C=O) groups excluding carboxylic acids is 2. The van der Waals surface area contributed by atoms with Crippen LogP contribution in [-0.2, 0) is 14.2 Å². The fraction of sp³-hybridized carbons (Fsp3) is 0.548. The topological polar surface area (TPSA) is 134 Å². The molecule has 4 aliphatic rings. The van der Waals surface area contributed by atoms with Gasteiger partial charge in [0.2, 0.25) is 5.78 Å². The number of amides is 1. The molecule has 4 atom stereocenters. The van der Waals surface area contributed by atoms with Gasteiger partial charge in [-0.3, -0.25) is 14.6 Å². The highest BCUT2D eigenvalue weighted by atomic mass is 19.3. The Hall–Kier alpha value is -5.18. The summed E-state index contributed by atoms with van der Waals surface area (Å²) in [5, 5.41) is 0.704. The number of methoxy groups -OCH3 is 2. The number of nitrogens with zero attached hydrogens (tertiary/aromatic N) is 7. The lowest BCUT2D eigenvalue weighted by Gasteiger charge is -2.42. The number of piperazine rings is 1. The zero-order chi connectivity index (χ0) is 42.0. The number of anilines is 1. The molecule has 2 bridgehead atoms.